The third kappa shape index (κ3) is 4.31. The lowest BCUT2D eigenvalue weighted by Gasteiger charge is -2.14. The molecule has 0 atom stereocenters. The molecule has 134 valence electrons. The molecule has 0 aliphatic rings. The van der Waals surface area contributed by atoms with Crippen molar-refractivity contribution in [3.05, 3.63) is 53.1 Å². The summed E-state index contributed by atoms with van der Waals surface area (Å²) >= 11 is 6.00. The molecule has 0 unspecified atom stereocenters. The summed E-state index contributed by atoms with van der Waals surface area (Å²) in [5.41, 5.74) is 0.678. The number of hydrogen-bond acceptors (Lipinski definition) is 4. The minimum Gasteiger partial charge on any atom is -0.492 e. The Morgan fingerprint density at radius 2 is 1.88 bits per heavy atom. The van der Waals surface area contributed by atoms with Crippen molar-refractivity contribution in [3.63, 3.8) is 0 Å². The average Bonchev–Trinajstić information content (AvgIpc) is 2.56. The van der Waals surface area contributed by atoms with Crippen LogP contribution in [0, 0.1) is 0 Å². The number of nitrogens with one attached hydrogen (secondary N) is 1. The lowest BCUT2D eigenvalue weighted by atomic mass is 10.2. The van der Waals surface area contributed by atoms with Crippen LogP contribution in [0.2, 0.25) is 5.02 Å². The summed E-state index contributed by atoms with van der Waals surface area (Å²) in [6, 6.07) is 11.1. The van der Waals surface area contributed by atoms with Crippen LogP contribution in [0.1, 0.15) is 17.3 Å². The minimum atomic E-state index is -3.76. The molecule has 0 heterocycles. The van der Waals surface area contributed by atoms with E-state index in [0.29, 0.717) is 18.0 Å². The van der Waals surface area contributed by atoms with E-state index in [1.54, 1.807) is 24.3 Å². The van der Waals surface area contributed by atoms with Gasteiger partial charge in [-0.2, -0.15) is 0 Å². The van der Waals surface area contributed by atoms with Crippen LogP contribution in [-0.2, 0) is 10.0 Å². The fourth-order valence-corrected chi connectivity index (χ4v) is 3.48. The molecule has 25 heavy (non-hydrogen) atoms. The highest BCUT2D eigenvalue weighted by atomic mass is 35.5. The summed E-state index contributed by atoms with van der Waals surface area (Å²) < 4.78 is 31.1. The van der Waals surface area contributed by atoms with Gasteiger partial charge in [-0.15, -0.1) is 0 Å². The van der Waals surface area contributed by atoms with Gasteiger partial charge in [-0.05, 0) is 37.3 Å². The van der Waals surface area contributed by atoms with E-state index >= 15 is 0 Å². The van der Waals surface area contributed by atoms with Crippen molar-refractivity contribution in [2.75, 3.05) is 26.0 Å². The molecule has 2 aromatic rings. The Balaban J connectivity index is 2.36. The van der Waals surface area contributed by atoms with Crippen molar-refractivity contribution in [2.45, 2.75) is 11.8 Å². The van der Waals surface area contributed by atoms with Gasteiger partial charge in [0.1, 0.15) is 10.6 Å². The van der Waals surface area contributed by atoms with Gasteiger partial charge in [-0.3, -0.25) is 4.79 Å². The quantitative estimate of drug-likeness (QED) is 0.832. The number of sulfonamides is 1. The van der Waals surface area contributed by atoms with Crippen molar-refractivity contribution < 1.29 is 17.9 Å². The average molecular weight is 383 g/mol. The maximum absolute atomic E-state index is 12.5. The molecule has 0 saturated heterocycles. The summed E-state index contributed by atoms with van der Waals surface area (Å²) in [6.45, 7) is 2.30. The van der Waals surface area contributed by atoms with Crippen LogP contribution in [0.15, 0.2) is 47.4 Å². The van der Waals surface area contributed by atoms with Crippen LogP contribution in [-0.4, -0.2) is 39.3 Å². The first kappa shape index (κ1) is 19.2. The monoisotopic (exact) mass is 382 g/mol. The summed E-state index contributed by atoms with van der Waals surface area (Å²) in [4.78, 5) is 12.4. The van der Waals surface area contributed by atoms with Crippen molar-refractivity contribution in [1.29, 1.82) is 0 Å². The smallest absolute Gasteiger partial charge is 0.255 e. The lowest BCUT2D eigenvalue weighted by molar-refractivity contribution is 0.102. The van der Waals surface area contributed by atoms with E-state index in [2.05, 4.69) is 5.32 Å². The number of anilines is 1. The number of para-hydroxylation sites is 2. The molecule has 8 heteroatoms. The van der Waals surface area contributed by atoms with E-state index in [0.717, 1.165) is 4.31 Å². The first-order chi connectivity index (χ1) is 11.8. The fraction of sp³-hybridized carbons (Fsp3) is 0.235. The van der Waals surface area contributed by atoms with Crippen LogP contribution in [0.5, 0.6) is 5.75 Å². The predicted molar refractivity (Wildman–Crippen MR) is 97.9 cm³/mol. The second-order valence-electron chi connectivity index (χ2n) is 5.32. The zero-order chi connectivity index (χ0) is 18.6. The summed E-state index contributed by atoms with van der Waals surface area (Å²) in [5, 5.41) is 2.78. The fourth-order valence-electron chi connectivity index (χ4n) is 2.08. The van der Waals surface area contributed by atoms with Crippen LogP contribution in [0.4, 0.5) is 5.69 Å². The summed E-state index contributed by atoms with van der Waals surface area (Å²) in [5.74, 6) is 0.0764. The third-order valence-corrected chi connectivity index (χ3v) is 5.68. The molecule has 0 aromatic heterocycles. The zero-order valence-corrected chi connectivity index (χ0v) is 15.7. The van der Waals surface area contributed by atoms with E-state index in [4.69, 9.17) is 16.3 Å². The van der Waals surface area contributed by atoms with Crippen LogP contribution < -0.4 is 10.1 Å². The molecular weight excluding hydrogens is 364 g/mol. The Bertz CT molecular complexity index is 882. The van der Waals surface area contributed by atoms with Crippen molar-refractivity contribution in [3.8, 4) is 5.75 Å². The second kappa shape index (κ2) is 7.86. The van der Waals surface area contributed by atoms with Gasteiger partial charge in [0.2, 0.25) is 10.0 Å². The minimum absolute atomic E-state index is 0.0555. The highest BCUT2D eigenvalue weighted by Gasteiger charge is 2.22. The van der Waals surface area contributed by atoms with E-state index in [1.807, 2.05) is 6.92 Å². The maximum Gasteiger partial charge on any atom is 0.255 e. The van der Waals surface area contributed by atoms with Gasteiger partial charge in [0.05, 0.1) is 17.3 Å². The number of carbonyl (C=O) groups excluding carboxylic acids is 1. The Morgan fingerprint density at radius 3 is 2.52 bits per heavy atom. The number of nitrogens with zero attached hydrogens (tertiary/aromatic N) is 1. The van der Waals surface area contributed by atoms with Gasteiger partial charge in [0, 0.05) is 19.7 Å². The number of halogens is 1. The molecule has 0 spiro atoms. The van der Waals surface area contributed by atoms with Crippen LogP contribution in [0.3, 0.4) is 0 Å². The van der Waals surface area contributed by atoms with Crippen LogP contribution in [0.25, 0.3) is 0 Å². The maximum atomic E-state index is 12.5. The molecule has 0 radical (unpaired) electrons. The van der Waals surface area contributed by atoms with Gasteiger partial charge in [-0.25, -0.2) is 12.7 Å². The van der Waals surface area contributed by atoms with E-state index < -0.39 is 15.9 Å². The van der Waals surface area contributed by atoms with Gasteiger partial charge in [0.15, 0.2) is 0 Å². The molecule has 1 N–H and O–H groups in total. The van der Waals surface area contributed by atoms with Gasteiger partial charge < -0.3 is 10.1 Å². The Kier molecular flexibility index (Phi) is 6.05. The molecular formula is C17H19ClN2O4S. The lowest BCUT2D eigenvalue weighted by Crippen LogP contribution is -2.23. The number of amides is 1. The van der Waals surface area contributed by atoms with Crippen molar-refractivity contribution in [2.24, 2.45) is 0 Å². The molecule has 0 fully saturated rings. The predicted octanol–water partition coefficient (Wildman–Crippen LogP) is 3.24. The molecule has 2 aromatic carbocycles. The van der Waals surface area contributed by atoms with Gasteiger partial charge in [-0.1, -0.05) is 23.7 Å². The number of carbonyl (C=O) groups is 1. The highest BCUT2D eigenvalue weighted by Crippen LogP contribution is 2.27. The third-order valence-electron chi connectivity index (χ3n) is 3.39. The number of hydrogen-bond donors (Lipinski definition) is 1. The first-order valence-electron chi connectivity index (χ1n) is 7.52. The molecule has 0 bridgehead atoms. The molecule has 1 amide bonds. The SMILES string of the molecule is CCOc1ccccc1NC(=O)c1ccc(Cl)c(S(=O)(=O)N(C)C)c1. The zero-order valence-electron chi connectivity index (χ0n) is 14.1. The molecule has 0 saturated carbocycles. The van der Waals surface area contributed by atoms with Gasteiger partial charge >= 0.3 is 0 Å². The van der Waals surface area contributed by atoms with Gasteiger partial charge in [0.25, 0.3) is 5.91 Å². The topological polar surface area (TPSA) is 75.7 Å². The number of benzene rings is 2. The van der Waals surface area contributed by atoms with E-state index in [-0.39, 0.29) is 15.5 Å². The van der Waals surface area contributed by atoms with Crippen molar-refractivity contribution >= 4 is 33.2 Å². The Labute approximate surface area is 152 Å². The number of rotatable bonds is 6. The molecule has 0 aliphatic heterocycles. The molecule has 0 aliphatic carbocycles. The largest absolute Gasteiger partial charge is 0.492 e. The first-order valence-corrected chi connectivity index (χ1v) is 9.34. The van der Waals surface area contributed by atoms with E-state index in [1.165, 1.54) is 32.3 Å². The summed E-state index contributed by atoms with van der Waals surface area (Å²) in [6.07, 6.45) is 0. The Hall–Kier alpha value is -2.09. The highest BCUT2D eigenvalue weighted by molar-refractivity contribution is 7.89. The second-order valence-corrected chi connectivity index (χ2v) is 7.84. The Morgan fingerprint density at radius 1 is 1.20 bits per heavy atom. The van der Waals surface area contributed by atoms with Crippen LogP contribution >= 0.6 is 11.6 Å². The summed E-state index contributed by atoms with van der Waals surface area (Å²) in [7, 11) is -0.957. The van der Waals surface area contributed by atoms with E-state index in [9.17, 15) is 13.2 Å². The standard InChI is InChI=1S/C17H19ClN2O4S/c1-4-24-15-8-6-5-7-14(15)19-17(21)12-9-10-13(18)16(11-12)25(22,23)20(2)3/h5-11H,4H2,1-3H3,(H,19,21). The molecule has 2 rings (SSSR count). The molecule has 6 nitrogen and oxygen atoms in total. The number of ether oxygens (including phenoxy) is 1. The van der Waals surface area contributed by atoms with Crippen molar-refractivity contribution in [1.82, 2.24) is 4.31 Å². The normalized spacial score (nSPS) is 11.4.